The van der Waals surface area contributed by atoms with Crippen molar-refractivity contribution in [2.45, 2.75) is 20.5 Å². The fourth-order valence-electron chi connectivity index (χ4n) is 3.49. The number of aryl methyl sites for hydroxylation is 2. The number of barbiturate groups is 1. The molecule has 0 spiro atoms. The highest BCUT2D eigenvalue weighted by molar-refractivity contribution is 9.10. The molecule has 35 heavy (non-hydrogen) atoms. The Hall–Kier alpha value is -3.13. The molecule has 1 heterocycles. The fraction of sp³-hybridized carbons (Fsp3) is 0.115. The highest BCUT2D eigenvalue weighted by atomic mass is 79.9. The molecule has 9 heteroatoms. The lowest BCUT2D eigenvalue weighted by atomic mass is 10.1. The second-order valence-electron chi connectivity index (χ2n) is 7.95. The second kappa shape index (κ2) is 10.2. The van der Waals surface area contributed by atoms with Gasteiger partial charge in [-0.3, -0.25) is 14.9 Å². The third-order valence-corrected chi connectivity index (χ3v) is 6.73. The van der Waals surface area contributed by atoms with Crippen molar-refractivity contribution < 1.29 is 19.1 Å². The molecule has 6 nitrogen and oxygen atoms in total. The van der Waals surface area contributed by atoms with Gasteiger partial charge in [0.1, 0.15) is 17.9 Å². The van der Waals surface area contributed by atoms with Crippen molar-refractivity contribution in [3.8, 4) is 5.75 Å². The lowest BCUT2D eigenvalue weighted by Crippen LogP contribution is -2.54. The highest BCUT2D eigenvalue weighted by Gasteiger charge is 2.37. The van der Waals surface area contributed by atoms with E-state index < -0.39 is 17.8 Å². The number of urea groups is 1. The molecule has 178 valence electrons. The van der Waals surface area contributed by atoms with Crippen LogP contribution in [0.3, 0.4) is 0 Å². The number of anilines is 1. The molecule has 1 fully saturated rings. The van der Waals surface area contributed by atoms with Crippen LogP contribution < -0.4 is 15.0 Å². The van der Waals surface area contributed by atoms with Gasteiger partial charge in [0.25, 0.3) is 11.8 Å². The molecule has 3 aromatic carbocycles. The molecule has 3 aromatic rings. The first-order chi connectivity index (χ1) is 16.6. The van der Waals surface area contributed by atoms with Gasteiger partial charge in [-0.2, -0.15) is 0 Å². The van der Waals surface area contributed by atoms with Gasteiger partial charge in [0, 0.05) is 10.0 Å². The van der Waals surface area contributed by atoms with Gasteiger partial charge in [-0.1, -0.05) is 57.3 Å². The first-order valence-corrected chi connectivity index (χ1v) is 12.0. The van der Waals surface area contributed by atoms with Crippen molar-refractivity contribution >= 4 is 68.7 Å². The summed E-state index contributed by atoms with van der Waals surface area (Å²) in [5, 5.41) is 2.63. The minimum absolute atomic E-state index is 0.168. The molecule has 1 saturated heterocycles. The van der Waals surface area contributed by atoms with Crippen LogP contribution in [0.2, 0.25) is 10.0 Å². The Morgan fingerprint density at radius 3 is 2.43 bits per heavy atom. The van der Waals surface area contributed by atoms with Crippen LogP contribution in [0.25, 0.3) is 6.08 Å². The predicted molar refractivity (Wildman–Crippen MR) is 140 cm³/mol. The predicted octanol–water partition coefficient (Wildman–Crippen LogP) is 6.62. The van der Waals surface area contributed by atoms with E-state index >= 15 is 0 Å². The number of halogens is 3. The third-order valence-electron chi connectivity index (χ3n) is 5.50. The van der Waals surface area contributed by atoms with Gasteiger partial charge < -0.3 is 4.74 Å². The van der Waals surface area contributed by atoms with Crippen LogP contribution in [0.5, 0.6) is 5.75 Å². The number of hydrogen-bond donors (Lipinski definition) is 1. The number of ether oxygens (including phenoxy) is 1. The van der Waals surface area contributed by atoms with E-state index in [9.17, 15) is 14.4 Å². The van der Waals surface area contributed by atoms with Crippen LogP contribution in [-0.4, -0.2) is 17.8 Å². The largest absolute Gasteiger partial charge is 0.488 e. The molecular weight excluding hydrogens is 555 g/mol. The lowest BCUT2D eigenvalue weighted by molar-refractivity contribution is -0.122. The van der Waals surface area contributed by atoms with Gasteiger partial charge in [0.05, 0.1) is 15.7 Å². The van der Waals surface area contributed by atoms with Crippen molar-refractivity contribution in [1.82, 2.24) is 5.32 Å². The smallest absolute Gasteiger partial charge is 0.335 e. The number of imide groups is 2. The Morgan fingerprint density at radius 2 is 1.71 bits per heavy atom. The quantitative estimate of drug-likeness (QED) is 0.275. The van der Waals surface area contributed by atoms with Crippen LogP contribution in [0.4, 0.5) is 10.5 Å². The minimum Gasteiger partial charge on any atom is -0.488 e. The SMILES string of the molecule is Cc1ccc(COc2ccc(Br)cc2/C=C2\C(=O)NC(=O)N(c3ccc(Cl)c(Cl)c3)C2=O)cc1C. The maximum absolute atomic E-state index is 13.2. The van der Waals surface area contributed by atoms with E-state index in [-0.39, 0.29) is 21.3 Å². The molecule has 0 radical (unpaired) electrons. The standard InChI is InChI=1S/C26H19BrCl2N2O4/c1-14-3-4-16(9-15(14)2)13-35-23-8-5-18(27)10-17(23)11-20-24(32)30-26(34)31(25(20)33)19-6-7-21(28)22(29)12-19/h3-12H,13H2,1-2H3,(H,30,32,34)/b20-11+. The van der Waals surface area contributed by atoms with E-state index in [0.29, 0.717) is 17.9 Å². The number of carbonyl (C=O) groups is 3. The number of nitrogens with zero attached hydrogens (tertiary/aromatic N) is 1. The third kappa shape index (κ3) is 5.42. The van der Waals surface area contributed by atoms with Crippen LogP contribution in [0, 0.1) is 13.8 Å². The minimum atomic E-state index is -0.879. The molecular formula is C26H19BrCl2N2O4. The molecule has 4 amide bonds. The summed E-state index contributed by atoms with van der Waals surface area (Å²) in [6.07, 6.45) is 1.40. The van der Waals surface area contributed by atoms with E-state index in [0.717, 1.165) is 20.5 Å². The zero-order valence-electron chi connectivity index (χ0n) is 18.7. The van der Waals surface area contributed by atoms with E-state index in [1.165, 1.54) is 29.8 Å². The first-order valence-electron chi connectivity index (χ1n) is 10.5. The summed E-state index contributed by atoms with van der Waals surface area (Å²) in [5.41, 5.74) is 3.76. The van der Waals surface area contributed by atoms with Crippen molar-refractivity contribution in [2.75, 3.05) is 4.90 Å². The second-order valence-corrected chi connectivity index (χ2v) is 9.68. The normalized spacial score (nSPS) is 14.9. The maximum atomic E-state index is 13.2. The van der Waals surface area contributed by atoms with Crippen LogP contribution in [0.1, 0.15) is 22.3 Å². The number of benzene rings is 3. The molecule has 0 saturated carbocycles. The molecule has 0 unspecified atom stereocenters. The lowest BCUT2D eigenvalue weighted by Gasteiger charge is -2.26. The van der Waals surface area contributed by atoms with E-state index in [1.54, 1.807) is 18.2 Å². The first kappa shape index (κ1) is 25.0. The molecule has 1 aliphatic rings. The van der Waals surface area contributed by atoms with Gasteiger partial charge >= 0.3 is 6.03 Å². The number of hydrogen-bond acceptors (Lipinski definition) is 4. The maximum Gasteiger partial charge on any atom is 0.335 e. The molecule has 0 atom stereocenters. The van der Waals surface area contributed by atoms with Crippen molar-refractivity contribution in [2.24, 2.45) is 0 Å². The van der Waals surface area contributed by atoms with E-state index in [2.05, 4.69) is 21.2 Å². The summed E-state index contributed by atoms with van der Waals surface area (Å²) in [6, 6.07) is 14.8. The Kier molecular flexibility index (Phi) is 7.31. The summed E-state index contributed by atoms with van der Waals surface area (Å²) in [6.45, 7) is 4.37. The van der Waals surface area contributed by atoms with Crippen LogP contribution in [-0.2, 0) is 16.2 Å². The number of nitrogens with one attached hydrogen (secondary N) is 1. The Bertz CT molecular complexity index is 1400. The van der Waals surface area contributed by atoms with Crippen molar-refractivity contribution in [3.63, 3.8) is 0 Å². The van der Waals surface area contributed by atoms with Gasteiger partial charge in [0.15, 0.2) is 0 Å². The monoisotopic (exact) mass is 572 g/mol. The van der Waals surface area contributed by atoms with Gasteiger partial charge in [-0.25, -0.2) is 9.69 Å². The summed E-state index contributed by atoms with van der Waals surface area (Å²) < 4.78 is 6.75. The van der Waals surface area contributed by atoms with Gasteiger partial charge in [-0.15, -0.1) is 0 Å². The average Bonchev–Trinajstić information content (AvgIpc) is 2.80. The summed E-state index contributed by atoms with van der Waals surface area (Å²) in [5.74, 6) is -1.13. The highest BCUT2D eigenvalue weighted by Crippen LogP contribution is 2.31. The van der Waals surface area contributed by atoms with Gasteiger partial charge in [-0.05, 0) is 73.0 Å². The van der Waals surface area contributed by atoms with Crippen molar-refractivity contribution in [3.05, 3.63) is 96.9 Å². The molecule has 0 aromatic heterocycles. The number of rotatable bonds is 5. The molecule has 4 rings (SSSR count). The Morgan fingerprint density at radius 1 is 0.943 bits per heavy atom. The fourth-order valence-corrected chi connectivity index (χ4v) is 4.16. The molecule has 1 N–H and O–H groups in total. The Labute approximate surface area is 220 Å². The number of carbonyl (C=O) groups excluding carboxylic acids is 3. The Balaban J connectivity index is 1.67. The summed E-state index contributed by atoms with van der Waals surface area (Å²) >= 11 is 15.4. The van der Waals surface area contributed by atoms with Crippen LogP contribution >= 0.6 is 39.1 Å². The summed E-state index contributed by atoms with van der Waals surface area (Å²) in [4.78, 5) is 39.2. The van der Waals surface area contributed by atoms with Crippen LogP contribution in [0.15, 0.2) is 64.6 Å². The van der Waals surface area contributed by atoms with Gasteiger partial charge in [0.2, 0.25) is 0 Å². The molecule has 0 aliphatic carbocycles. The average molecular weight is 574 g/mol. The summed E-state index contributed by atoms with van der Waals surface area (Å²) in [7, 11) is 0. The van der Waals surface area contributed by atoms with E-state index in [1.807, 2.05) is 32.0 Å². The zero-order chi connectivity index (χ0) is 25.3. The van der Waals surface area contributed by atoms with E-state index in [4.69, 9.17) is 27.9 Å². The molecule has 1 aliphatic heterocycles. The topological polar surface area (TPSA) is 75.7 Å². The number of amides is 4. The molecule has 0 bridgehead atoms. The zero-order valence-corrected chi connectivity index (χ0v) is 21.8. The van der Waals surface area contributed by atoms with Crippen molar-refractivity contribution in [1.29, 1.82) is 0 Å².